The van der Waals surface area contributed by atoms with Gasteiger partial charge in [0, 0.05) is 41.5 Å². The zero-order valence-electron chi connectivity index (χ0n) is 14.7. The topological polar surface area (TPSA) is 58.1 Å². The van der Waals surface area contributed by atoms with Crippen LogP contribution < -0.4 is 10.2 Å². The zero-order valence-corrected chi connectivity index (χ0v) is 16.9. The van der Waals surface area contributed by atoms with Gasteiger partial charge in [-0.25, -0.2) is 9.97 Å². The molecule has 136 valence electrons. The Morgan fingerprint density at radius 2 is 1.73 bits per heavy atom. The quantitative estimate of drug-likeness (QED) is 0.692. The number of hydrogen-bond acceptors (Lipinski definition) is 4. The van der Waals surface area contributed by atoms with E-state index >= 15 is 0 Å². The molecule has 2 heterocycles. The first kappa shape index (κ1) is 17.7. The van der Waals surface area contributed by atoms with E-state index in [2.05, 4.69) is 67.0 Å². The van der Waals surface area contributed by atoms with Crippen molar-refractivity contribution in [2.75, 3.05) is 18.0 Å². The normalized spacial score (nSPS) is 18.0. The lowest BCUT2D eigenvalue weighted by Crippen LogP contribution is -2.34. The second kappa shape index (κ2) is 7.90. The molecule has 0 unspecified atom stereocenters. The third-order valence-electron chi connectivity index (χ3n) is 5.25. The van der Waals surface area contributed by atoms with Crippen LogP contribution in [0.2, 0.25) is 0 Å². The molecule has 1 aliphatic carbocycles. The molecule has 2 aromatic rings. The van der Waals surface area contributed by atoms with Crippen molar-refractivity contribution in [3.8, 4) is 0 Å². The summed E-state index contributed by atoms with van der Waals surface area (Å²) in [7, 11) is 0. The van der Waals surface area contributed by atoms with E-state index in [9.17, 15) is 4.79 Å². The second-order valence-corrected chi connectivity index (χ2v) is 8.44. The first-order valence-corrected chi connectivity index (χ1v) is 10.4. The maximum atomic E-state index is 11.7. The third-order valence-corrected chi connectivity index (χ3v) is 5.81. The van der Waals surface area contributed by atoms with Gasteiger partial charge < -0.3 is 10.2 Å². The molecular weight excluding hydrogens is 439 g/mol. The van der Waals surface area contributed by atoms with Crippen LogP contribution in [-0.2, 0) is 11.3 Å². The van der Waals surface area contributed by atoms with E-state index < -0.39 is 0 Å². The van der Waals surface area contributed by atoms with Gasteiger partial charge in [0.1, 0.15) is 0 Å². The van der Waals surface area contributed by atoms with E-state index in [4.69, 9.17) is 0 Å². The fourth-order valence-corrected chi connectivity index (χ4v) is 3.75. The monoisotopic (exact) mass is 462 g/mol. The van der Waals surface area contributed by atoms with Gasteiger partial charge in [-0.3, -0.25) is 4.79 Å². The Bertz CT molecular complexity index is 750. The molecule has 0 bridgehead atoms. The minimum atomic E-state index is 0.208. The van der Waals surface area contributed by atoms with E-state index in [0.717, 1.165) is 48.3 Å². The summed E-state index contributed by atoms with van der Waals surface area (Å²) in [5.41, 5.74) is 2.57. The fraction of sp³-hybridized carbons (Fsp3) is 0.450. The van der Waals surface area contributed by atoms with Crippen molar-refractivity contribution >= 4 is 34.4 Å². The molecule has 1 aromatic heterocycles. The van der Waals surface area contributed by atoms with Gasteiger partial charge in [0.2, 0.25) is 11.9 Å². The molecule has 1 aliphatic heterocycles. The van der Waals surface area contributed by atoms with Crippen LogP contribution in [0.4, 0.5) is 5.95 Å². The van der Waals surface area contributed by atoms with Crippen LogP contribution in [0, 0.1) is 9.49 Å². The number of carbonyl (C=O) groups is 1. The Hall–Kier alpha value is -1.70. The van der Waals surface area contributed by atoms with Gasteiger partial charge in [-0.15, -0.1) is 0 Å². The number of halogens is 1. The van der Waals surface area contributed by atoms with Crippen LogP contribution in [-0.4, -0.2) is 29.0 Å². The predicted molar refractivity (Wildman–Crippen MR) is 110 cm³/mol. The van der Waals surface area contributed by atoms with Gasteiger partial charge in [-0.1, -0.05) is 24.3 Å². The summed E-state index contributed by atoms with van der Waals surface area (Å²) in [6.07, 6.45) is 8.08. The Balaban J connectivity index is 1.29. The summed E-state index contributed by atoms with van der Waals surface area (Å²) in [6.45, 7) is 2.62. The number of aromatic nitrogens is 2. The smallest absolute Gasteiger partial charge is 0.225 e. The average molecular weight is 462 g/mol. The van der Waals surface area contributed by atoms with Crippen LogP contribution in [0.3, 0.4) is 0 Å². The second-order valence-electron chi connectivity index (χ2n) is 7.20. The summed E-state index contributed by atoms with van der Waals surface area (Å²) in [5, 5.41) is 3.03. The van der Waals surface area contributed by atoms with Crippen molar-refractivity contribution in [2.24, 2.45) is 5.92 Å². The summed E-state index contributed by atoms with van der Waals surface area (Å²) in [4.78, 5) is 22.9. The van der Waals surface area contributed by atoms with Gasteiger partial charge in [0.25, 0.3) is 0 Å². The first-order valence-electron chi connectivity index (χ1n) is 9.28. The third kappa shape index (κ3) is 4.34. The molecule has 0 spiro atoms. The Morgan fingerprint density at radius 1 is 1.08 bits per heavy atom. The number of nitrogens with zero attached hydrogens (tertiary/aromatic N) is 3. The number of piperidine rings is 1. The highest BCUT2D eigenvalue weighted by Crippen LogP contribution is 2.30. The van der Waals surface area contributed by atoms with Crippen LogP contribution in [0.25, 0.3) is 0 Å². The number of anilines is 1. The van der Waals surface area contributed by atoms with Gasteiger partial charge in [0.15, 0.2) is 0 Å². The standard InChI is InChI=1S/C20H23IN4O/c21-18-12-23-20(24-13-18)25-9-7-16(8-10-25)15-3-1-14(2-4-15)11-22-19(26)17-5-6-17/h1-4,12-13,16-17H,5-11H2,(H,22,26). The summed E-state index contributed by atoms with van der Waals surface area (Å²) in [6, 6.07) is 8.74. The van der Waals surface area contributed by atoms with E-state index in [0.29, 0.717) is 12.5 Å². The molecular formula is C20H23IN4O. The van der Waals surface area contributed by atoms with Gasteiger partial charge in [-0.2, -0.15) is 0 Å². The SMILES string of the molecule is O=C(NCc1ccc(C2CCN(c3ncc(I)cn3)CC2)cc1)C1CC1. The molecule has 1 saturated heterocycles. The maximum absolute atomic E-state index is 11.7. The summed E-state index contributed by atoms with van der Waals surface area (Å²) >= 11 is 2.23. The molecule has 1 saturated carbocycles. The van der Waals surface area contributed by atoms with Crippen molar-refractivity contribution < 1.29 is 4.79 Å². The van der Waals surface area contributed by atoms with Crippen LogP contribution in [0.15, 0.2) is 36.7 Å². The largest absolute Gasteiger partial charge is 0.352 e. The average Bonchev–Trinajstić information content (AvgIpc) is 3.53. The van der Waals surface area contributed by atoms with Crippen LogP contribution in [0.5, 0.6) is 0 Å². The lowest BCUT2D eigenvalue weighted by molar-refractivity contribution is -0.122. The molecule has 5 nitrogen and oxygen atoms in total. The highest BCUT2D eigenvalue weighted by atomic mass is 127. The number of nitrogens with one attached hydrogen (secondary N) is 1. The molecule has 2 fully saturated rings. The molecule has 0 radical (unpaired) electrons. The van der Waals surface area contributed by atoms with Crippen LogP contribution >= 0.6 is 22.6 Å². The minimum absolute atomic E-state index is 0.208. The minimum Gasteiger partial charge on any atom is -0.352 e. The predicted octanol–water partition coefficient (Wildman–Crippen LogP) is 3.49. The maximum Gasteiger partial charge on any atom is 0.225 e. The molecule has 4 rings (SSSR count). The summed E-state index contributed by atoms with van der Waals surface area (Å²) in [5.74, 6) is 1.91. The lowest BCUT2D eigenvalue weighted by Gasteiger charge is -2.32. The highest BCUT2D eigenvalue weighted by Gasteiger charge is 2.29. The summed E-state index contributed by atoms with van der Waals surface area (Å²) < 4.78 is 1.06. The Morgan fingerprint density at radius 3 is 2.35 bits per heavy atom. The first-order chi connectivity index (χ1) is 12.7. The van der Waals surface area contributed by atoms with Crippen molar-refractivity contribution in [1.82, 2.24) is 15.3 Å². The van der Waals surface area contributed by atoms with Gasteiger partial charge >= 0.3 is 0 Å². The van der Waals surface area contributed by atoms with E-state index in [-0.39, 0.29) is 11.8 Å². The Labute approximate surface area is 167 Å². The van der Waals surface area contributed by atoms with E-state index in [1.54, 1.807) is 0 Å². The van der Waals surface area contributed by atoms with Crippen molar-refractivity contribution in [3.63, 3.8) is 0 Å². The number of amides is 1. The molecule has 2 aliphatic rings. The number of benzene rings is 1. The van der Waals surface area contributed by atoms with Crippen molar-refractivity contribution in [2.45, 2.75) is 38.1 Å². The molecule has 0 atom stereocenters. The van der Waals surface area contributed by atoms with Crippen LogP contribution in [0.1, 0.15) is 42.7 Å². The van der Waals surface area contributed by atoms with E-state index in [1.807, 2.05) is 12.4 Å². The molecule has 6 heteroatoms. The number of rotatable bonds is 5. The van der Waals surface area contributed by atoms with Crippen molar-refractivity contribution in [1.29, 1.82) is 0 Å². The van der Waals surface area contributed by atoms with Gasteiger partial charge in [-0.05, 0) is 65.3 Å². The fourth-order valence-electron chi connectivity index (χ4n) is 3.47. The number of carbonyl (C=O) groups excluding carboxylic acids is 1. The van der Waals surface area contributed by atoms with E-state index in [1.165, 1.54) is 11.1 Å². The molecule has 1 amide bonds. The molecule has 1 aromatic carbocycles. The van der Waals surface area contributed by atoms with Crippen molar-refractivity contribution in [3.05, 3.63) is 51.4 Å². The highest BCUT2D eigenvalue weighted by molar-refractivity contribution is 14.1. The zero-order chi connectivity index (χ0) is 17.9. The molecule has 26 heavy (non-hydrogen) atoms. The molecule has 1 N–H and O–H groups in total. The van der Waals surface area contributed by atoms with Gasteiger partial charge in [0.05, 0.1) is 0 Å². The number of hydrogen-bond donors (Lipinski definition) is 1. The Kier molecular flexibility index (Phi) is 5.38. The lowest BCUT2D eigenvalue weighted by atomic mass is 9.89.